The van der Waals surface area contributed by atoms with E-state index in [0.717, 1.165) is 0 Å². The first-order chi connectivity index (χ1) is 13.4. The van der Waals surface area contributed by atoms with Crippen molar-refractivity contribution < 1.29 is 19.1 Å². The largest absolute Gasteiger partial charge is 0.493 e. The number of fused-ring (bicyclic) bond motifs is 1. The van der Waals surface area contributed by atoms with Gasteiger partial charge in [0.25, 0.3) is 5.56 Å². The number of aryl methyl sites for hydroxylation is 1. The fraction of sp³-hybridized carbons (Fsp3) is 0.474. The summed E-state index contributed by atoms with van der Waals surface area (Å²) in [7, 11) is 3.02. The lowest BCUT2D eigenvalue weighted by molar-refractivity contribution is -0.135. The predicted molar refractivity (Wildman–Crippen MR) is 102 cm³/mol. The summed E-state index contributed by atoms with van der Waals surface area (Å²) in [5.74, 6) is 0.410. The van der Waals surface area contributed by atoms with Gasteiger partial charge >= 0.3 is 0 Å². The Morgan fingerprint density at radius 3 is 2.43 bits per heavy atom. The average molecular weight is 388 g/mol. The molecule has 0 aliphatic carbocycles. The Balaban J connectivity index is 1.71. The number of carbonyl (C=O) groups excluding carboxylic acids is 2. The molecule has 1 saturated heterocycles. The van der Waals surface area contributed by atoms with Crippen molar-refractivity contribution in [2.45, 2.75) is 25.8 Å². The first-order valence-corrected chi connectivity index (χ1v) is 9.13. The minimum atomic E-state index is -0.312. The van der Waals surface area contributed by atoms with Gasteiger partial charge in [0.05, 0.1) is 31.4 Å². The minimum absolute atomic E-state index is 0.0535. The van der Waals surface area contributed by atoms with Gasteiger partial charge in [0.15, 0.2) is 11.5 Å². The number of nitrogens with two attached hydrogens (primary N) is 1. The Bertz CT molecular complexity index is 947. The van der Waals surface area contributed by atoms with Crippen molar-refractivity contribution in [3.8, 4) is 11.5 Å². The maximum Gasteiger partial charge on any atom is 0.261 e. The standard InChI is InChI=1S/C19H24N4O5/c1-27-15-9-13-14(10-16(15)28-2)21-11-23(19(13)26)8-5-17(24)22-6-3-12(4-7-22)18(20)25/h9-12H,3-8H2,1-2H3,(H2,20,25). The van der Waals surface area contributed by atoms with E-state index in [9.17, 15) is 14.4 Å². The van der Waals surface area contributed by atoms with Gasteiger partial charge in [0, 0.05) is 38.0 Å². The fourth-order valence-corrected chi connectivity index (χ4v) is 3.43. The van der Waals surface area contributed by atoms with Gasteiger partial charge in [0.2, 0.25) is 11.8 Å². The van der Waals surface area contributed by atoms with Crippen LogP contribution in [0.1, 0.15) is 19.3 Å². The molecule has 2 aromatic rings. The minimum Gasteiger partial charge on any atom is -0.493 e. The highest BCUT2D eigenvalue weighted by Gasteiger charge is 2.25. The highest BCUT2D eigenvalue weighted by atomic mass is 16.5. The Hall–Kier alpha value is -3.10. The highest BCUT2D eigenvalue weighted by Crippen LogP contribution is 2.29. The summed E-state index contributed by atoms with van der Waals surface area (Å²) < 4.78 is 11.9. The van der Waals surface area contributed by atoms with Gasteiger partial charge in [-0.15, -0.1) is 0 Å². The van der Waals surface area contributed by atoms with Crippen LogP contribution >= 0.6 is 0 Å². The lowest BCUT2D eigenvalue weighted by Crippen LogP contribution is -2.42. The summed E-state index contributed by atoms with van der Waals surface area (Å²) >= 11 is 0. The Morgan fingerprint density at radius 1 is 1.18 bits per heavy atom. The van der Waals surface area contributed by atoms with E-state index in [1.54, 1.807) is 17.0 Å². The number of rotatable bonds is 6. The molecule has 9 heteroatoms. The van der Waals surface area contributed by atoms with Crippen molar-refractivity contribution >= 4 is 22.7 Å². The van der Waals surface area contributed by atoms with E-state index in [-0.39, 0.29) is 36.3 Å². The number of primary amides is 1. The molecule has 9 nitrogen and oxygen atoms in total. The van der Waals surface area contributed by atoms with Gasteiger partial charge < -0.3 is 20.1 Å². The zero-order valence-corrected chi connectivity index (χ0v) is 16.0. The van der Waals surface area contributed by atoms with Gasteiger partial charge in [-0.3, -0.25) is 19.0 Å². The van der Waals surface area contributed by atoms with E-state index in [0.29, 0.717) is 48.3 Å². The molecule has 1 aromatic heterocycles. The van der Waals surface area contributed by atoms with Crippen LogP contribution in [0.5, 0.6) is 11.5 Å². The molecule has 1 aliphatic heterocycles. The molecular formula is C19H24N4O5. The molecule has 150 valence electrons. The first kappa shape index (κ1) is 19.7. The second-order valence-electron chi connectivity index (χ2n) is 6.77. The summed E-state index contributed by atoms with van der Waals surface area (Å²) in [4.78, 5) is 42.4. The number of benzene rings is 1. The van der Waals surface area contributed by atoms with Crippen molar-refractivity contribution in [3.63, 3.8) is 0 Å². The van der Waals surface area contributed by atoms with Crippen LogP contribution in [0.2, 0.25) is 0 Å². The van der Waals surface area contributed by atoms with Crippen LogP contribution < -0.4 is 20.8 Å². The highest BCUT2D eigenvalue weighted by molar-refractivity contribution is 5.82. The molecule has 0 atom stereocenters. The van der Waals surface area contributed by atoms with Crippen LogP contribution in [-0.4, -0.2) is 53.6 Å². The molecule has 1 fully saturated rings. The van der Waals surface area contributed by atoms with Gasteiger partial charge in [0.1, 0.15) is 0 Å². The van der Waals surface area contributed by atoms with Crippen molar-refractivity contribution in [3.05, 3.63) is 28.8 Å². The second-order valence-corrected chi connectivity index (χ2v) is 6.77. The maximum atomic E-state index is 12.8. The SMILES string of the molecule is COc1cc2ncn(CCC(=O)N3CCC(C(N)=O)CC3)c(=O)c2cc1OC. The third-order valence-electron chi connectivity index (χ3n) is 5.15. The van der Waals surface area contributed by atoms with Crippen LogP contribution in [0.4, 0.5) is 0 Å². The monoisotopic (exact) mass is 388 g/mol. The number of ether oxygens (including phenoxy) is 2. The number of methoxy groups -OCH3 is 2. The number of likely N-dealkylation sites (tertiary alicyclic amines) is 1. The van der Waals surface area contributed by atoms with Crippen molar-refractivity contribution in [2.24, 2.45) is 11.7 Å². The van der Waals surface area contributed by atoms with Crippen LogP contribution in [0.25, 0.3) is 10.9 Å². The normalized spacial score (nSPS) is 14.9. The number of aromatic nitrogens is 2. The first-order valence-electron chi connectivity index (χ1n) is 9.13. The fourth-order valence-electron chi connectivity index (χ4n) is 3.43. The molecule has 1 aliphatic rings. The molecular weight excluding hydrogens is 364 g/mol. The second kappa shape index (κ2) is 8.28. The lowest BCUT2D eigenvalue weighted by atomic mass is 9.96. The Morgan fingerprint density at radius 2 is 1.82 bits per heavy atom. The summed E-state index contributed by atoms with van der Waals surface area (Å²) in [6.45, 7) is 1.24. The molecule has 0 spiro atoms. The van der Waals surface area contributed by atoms with Crippen molar-refractivity contribution in [2.75, 3.05) is 27.3 Å². The van der Waals surface area contributed by atoms with Crippen LogP contribution in [0.15, 0.2) is 23.3 Å². The summed E-state index contributed by atoms with van der Waals surface area (Å²) in [5, 5.41) is 0.398. The van der Waals surface area contributed by atoms with E-state index >= 15 is 0 Å². The molecule has 28 heavy (non-hydrogen) atoms. The molecule has 1 aromatic carbocycles. The van der Waals surface area contributed by atoms with Crippen LogP contribution in [0, 0.1) is 5.92 Å². The van der Waals surface area contributed by atoms with E-state index in [1.807, 2.05) is 0 Å². The number of amides is 2. The molecule has 0 bridgehead atoms. The molecule has 2 amide bonds. The van der Waals surface area contributed by atoms with Crippen molar-refractivity contribution in [1.29, 1.82) is 0 Å². The topological polar surface area (TPSA) is 117 Å². The van der Waals surface area contributed by atoms with Crippen LogP contribution in [0.3, 0.4) is 0 Å². The van der Waals surface area contributed by atoms with E-state index in [2.05, 4.69) is 4.98 Å². The third-order valence-corrected chi connectivity index (χ3v) is 5.15. The number of piperidine rings is 1. The smallest absolute Gasteiger partial charge is 0.261 e. The summed E-state index contributed by atoms with van der Waals surface area (Å²) in [6.07, 6.45) is 2.78. The lowest BCUT2D eigenvalue weighted by Gasteiger charge is -2.30. The third kappa shape index (κ3) is 3.92. The summed E-state index contributed by atoms with van der Waals surface area (Å²) in [5.41, 5.74) is 5.57. The average Bonchev–Trinajstić information content (AvgIpc) is 2.72. The molecule has 0 saturated carbocycles. The van der Waals surface area contributed by atoms with Gasteiger partial charge in [-0.2, -0.15) is 0 Å². The van der Waals surface area contributed by atoms with E-state index < -0.39 is 0 Å². The zero-order chi connectivity index (χ0) is 20.3. The molecule has 0 unspecified atom stereocenters. The van der Waals surface area contributed by atoms with Gasteiger partial charge in [-0.25, -0.2) is 4.98 Å². The Kier molecular flexibility index (Phi) is 5.81. The van der Waals surface area contributed by atoms with E-state index in [1.165, 1.54) is 25.1 Å². The molecule has 3 rings (SSSR count). The number of hydrogen-bond acceptors (Lipinski definition) is 6. The van der Waals surface area contributed by atoms with Gasteiger partial charge in [-0.1, -0.05) is 0 Å². The number of hydrogen-bond donors (Lipinski definition) is 1. The van der Waals surface area contributed by atoms with E-state index in [4.69, 9.17) is 15.2 Å². The quantitative estimate of drug-likeness (QED) is 0.771. The molecule has 2 N–H and O–H groups in total. The maximum absolute atomic E-state index is 12.8. The van der Waals surface area contributed by atoms with Crippen LogP contribution in [-0.2, 0) is 16.1 Å². The number of nitrogens with zero attached hydrogens (tertiary/aromatic N) is 3. The van der Waals surface area contributed by atoms with Crippen molar-refractivity contribution in [1.82, 2.24) is 14.5 Å². The summed E-state index contributed by atoms with van der Waals surface area (Å²) in [6, 6.07) is 3.24. The van der Waals surface area contributed by atoms with Gasteiger partial charge in [-0.05, 0) is 18.9 Å². The molecule has 2 heterocycles. The Labute approximate surface area is 162 Å². The zero-order valence-electron chi connectivity index (χ0n) is 16.0. The predicted octanol–water partition coefficient (Wildman–Crippen LogP) is 0.528. The molecule has 0 radical (unpaired) electrons. The number of carbonyl (C=O) groups is 2.